The molecule has 6 heteroatoms. The fourth-order valence-electron chi connectivity index (χ4n) is 2.21. The third-order valence-electron chi connectivity index (χ3n) is 3.55. The van der Waals surface area contributed by atoms with Crippen LogP contribution in [0.15, 0.2) is 35.3 Å². The number of carboxylic acid groups (broad SMARTS) is 1. The molecule has 0 atom stereocenters. The van der Waals surface area contributed by atoms with Crippen LogP contribution in [0.5, 0.6) is 0 Å². The van der Waals surface area contributed by atoms with Gasteiger partial charge in [-0.2, -0.15) is 0 Å². The largest absolute Gasteiger partial charge is 0.478 e. The number of aryl methyl sites for hydroxylation is 1. The molecular formula is C18H23N3O2S. The molecule has 0 radical (unpaired) electrons. The Morgan fingerprint density at radius 1 is 1.42 bits per heavy atom. The zero-order valence-electron chi connectivity index (χ0n) is 14.2. The van der Waals surface area contributed by atoms with E-state index in [1.165, 1.54) is 27.6 Å². The molecule has 0 aliphatic carbocycles. The molecule has 0 fully saturated rings. The number of benzene rings is 1. The number of carbonyl (C=O) groups is 1. The number of amidine groups is 1. The predicted molar refractivity (Wildman–Crippen MR) is 101 cm³/mol. The van der Waals surface area contributed by atoms with Gasteiger partial charge in [-0.25, -0.2) is 4.79 Å². The van der Waals surface area contributed by atoms with Gasteiger partial charge in [0.05, 0.1) is 17.1 Å². The standard InChI is InChI=1S/C11H16N2S.C7H7NO2/c1-4-9-5-8-6-12-10(7(2)3)13-11(8)14-9;8-6-3-1-2-5(4-6)7(9)10/h5,7H,4,6H2,1-3H3,(H,12,13);1-4H,8H2,(H,9,10). The second kappa shape index (κ2) is 7.97. The number of fused-ring (bicyclic) bond motifs is 1. The number of aliphatic imine (C=N–C) groups is 1. The van der Waals surface area contributed by atoms with Gasteiger partial charge in [-0.3, -0.25) is 4.99 Å². The molecule has 128 valence electrons. The average molecular weight is 345 g/mol. The van der Waals surface area contributed by atoms with E-state index >= 15 is 0 Å². The molecule has 0 spiro atoms. The quantitative estimate of drug-likeness (QED) is 0.725. The molecule has 24 heavy (non-hydrogen) atoms. The van der Waals surface area contributed by atoms with Gasteiger partial charge in [0, 0.05) is 22.0 Å². The number of anilines is 2. The zero-order valence-corrected chi connectivity index (χ0v) is 15.0. The Bertz CT molecular complexity index is 750. The maximum atomic E-state index is 10.3. The highest BCUT2D eigenvalue weighted by Gasteiger charge is 2.16. The van der Waals surface area contributed by atoms with E-state index in [9.17, 15) is 4.79 Å². The summed E-state index contributed by atoms with van der Waals surface area (Å²) < 4.78 is 0. The minimum absolute atomic E-state index is 0.222. The first-order valence-corrected chi connectivity index (χ1v) is 8.74. The highest BCUT2D eigenvalue weighted by Crippen LogP contribution is 2.32. The highest BCUT2D eigenvalue weighted by molar-refractivity contribution is 7.16. The van der Waals surface area contributed by atoms with Gasteiger partial charge in [0.15, 0.2) is 0 Å². The first kappa shape index (κ1) is 18.0. The monoisotopic (exact) mass is 345 g/mol. The lowest BCUT2D eigenvalue weighted by molar-refractivity contribution is 0.0697. The summed E-state index contributed by atoms with van der Waals surface area (Å²) in [5, 5.41) is 13.2. The maximum Gasteiger partial charge on any atom is 0.335 e. The van der Waals surface area contributed by atoms with Crippen molar-refractivity contribution in [2.24, 2.45) is 10.9 Å². The van der Waals surface area contributed by atoms with Gasteiger partial charge in [-0.15, -0.1) is 11.3 Å². The molecule has 0 bridgehead atoms. The molecule has 1 aliphatic heterocycles. The molecule has 0 saturated heterocycles. The van der Waals surface area contributed by atoms with Crippen LogP contribution < -0.4 is 11.1 Å². The van der Waals surface area contributed by atoms with Crippen molar-refractivity contribution in [3.05, 3.63) is 46.3 Å². The zero-order chi connectivity index (χ0) is 17.7. The van der Waals surface area contributed by atoms with E-state index in [1.54, 1.807) is 12.1 Å². The summed E-state index contributed by atoms with van der Waals surface area (Å²) in [5.41, 5.74) is 7.39. The Morgan fingerprint density at radius 2 is 2.17 bits per heavy atom. The Kier molecular flexibility index (Phi) is 5.98. The number of nitrogens with zero attached hydrogens (tertiary/aromatic N) is 1. The van der Waals surface area contributed by atoms with E-state index < -0.39 is 5.97 Å². The van der Waals surface area contributed by atoms with Gasteiger partial charge < -0.3 is 16.2 Å². The lowest BCUT2D eigenvalue weighted by atomic mass is 10.1. The third-order valence-corrected chi connectivity index (χ3v) is 4.79. The van der Waals surface area contributed by atoms with Crippen LogP contribution >= 0.6 is 11.3 Å². The smallest absolute Gasteiger partial charge is 0.335 e. The van der Waals surface area contributed by atoms with Crippen LogP contribution in [0.4, 0.5) is 10.7 Å². The van der Waals surface area contributed by atoms with Crippen LogP contribution in [0.3, 0.4) is 0 Å². The fourth-order valence-corrected chi connectivity index (χ4v) is 3.23. The minimum Gasteiger partial charge on any atom is -0.478 e. The number of thiophene rings is 1. The van der Waals surface area contributed by atoms with Gasteiger partial charge in [-0.1, -0.05) is 26.8 Å². The lowest BCUT2D eigenvalue weighted by Crippen LogP contribution is -2.21. The Hall–Kier alpha value is -2.34. The van der Waals surface area contributed by atoms with Crippen LogP contribution in [0.25, 0.3) is 0 Å². The molecule has 3 rings (SSSR count). The summed E-state index contributed by atoms with van der Waals surface area (Å²) in [6, 6.07) is 8.44. The van der Waals surface area contributed by atoms with E-state index in [1.807, 2.05) is 11.3 Å². The molecule has 4 N–H and O–H groups in total. The first-order valence-electron chi connectivity index (χ1n) is 7.92. The van der Waals surface area contributed by atoms with Crippen molar-refractivity contribution in [1.29, 1.82) is 0 Å². The fraction of sp³-hybridized carbons (Fsp3) is 0.333. The number of carboxylic acids is 1. The Labute approximate surface area is 146 Å². The van der Waals surface area contributed by atoms with Crippen LogP contribution in [0.2, 0.25) is 0 Å². The molecule has 0 saturated carbocycles. The number of hydrogen-bond donors (Lipinski definition) is 3. The molecule has 2 heterocycles. The molecule has 0 unspecified atom stereocenters. The average Bonchev–Trinajstić information content (AvgIpc) is 2.97. The van der Waals surface area contributed by atoms with Crippen LogP contribution in [0, 0.1) is 5.92 Å². The summed E-state index contributed by atoms with van der Waals surface area (Å²) >= 11 is 1.86. The molecule has 5 nitrogen and oxygen atoms in total. The summed E-state index contributed by atoms with van der Waals surface area (Å²) in [6.45, 7) is 7.39. The van der Waals surface area contributed by atoms with Crippen molar-refractivity contribution in [3.8, 4) is 0 Å². The van der Waals surface area contributed by atoms with E-state index in [0.29, 0.717) is 11.6 Å². The Balaban J connectivity index is 0.000000185. The van der Waals surface area contributed by atoms with Gasteiger partial charge in [0.2, 0.25) is 0 Å². The second-order valence-electron chi connectivity index (χ2n) is 5.83. The van der Waals surface area contributed by atoms with Crippen molar-refractivity contribution in [1.82, 2.24) is 0 Å². The number of nitrogens with one attached hydrogen (secondary N) is 1. The SMILES string of the molecule is CCc1cc2c(s1)NC(C(C)C)=NC2.Nc1cccc(C(=O)O)c1. The Morgan fingerprint density at radius 3 is 2.71 bits per heavy atom. The maximum absolute atomic E-state index is 10.3. The van der Waals surface area contributed by atoms with E-state index in [-0.39, 0.29) is 5.56 Å². The van der Waals surface area contributed by atoms with Gasteiger partial charge in [-0.05, 0) is 30.7 Å². The molecule has 0 amide bonds. The normalized spacial score (nSPS) is 12.6. The number of nitrogen functional groups attached to an aromatic ring is 1. The highest BCUT2D eigenvalue weighted by atomic mass is 32.1. The van der Waals surface area contributed by atoms with Crippen molar-refractivity contribution in [2.45, 2.75) is 33.7 Å². The van der Waals surface area contributed by atoms with Crippen LogP contribution in [-0.2, 0) is 13.0 Å². The van der Waals surface area contributed by atoms with Crippen molar-refractivity contribution in [2.75, 3.05) is 11.1 Å². The van der Waals surface area contributed by atoms with Crippen molar-refractivity contribution >= 4 is 33.8 Å². The minimum atomic E-state index is -0.952. The molecular weight excluding hydrogens is 322 g/mol. The lowest BCUT2D eigenvalue weighted by Gasteiger charge is -2.17. The van der Waals surface area contributed by atoms with E-state index in [2.05, 4.69) is 37.1 Å². The number of nitrogens with two attached hydrogens (primary N) is 1. The summed E-state index contributed by atoms with van der Waals surface area (Å²) in [6.07, 6.45) is 1.12. The first-order chi connectivity index (χ1) is 11.4. The topological polar surface area (TPSA) is 87.7 Å². The molecule has 1 aliphatic rings. The molecule has 2 aromatic rings. The van der Waals surface area contributed by atoms with Gasteiger partial charge in [0.25, 0.3) is 0 Å². The van der Waals surface area contributed by atoms with E-state index in [0.717, 1.165) is 18.8 Å². The van der Waals surface area contributed by atoms with Crippen LogP contribution in [-0.4, -0.2) is 16.9 Å². The molecule has 1 aromatic heterocycles. The second-order valence-corrected chi connectivity index (χ2v) is 6.97. The molecule has 1 aromatic carbocycles. The van der Waals surface area contributed by atoms with Gasteiger partial charge in [0.1, 0.15) is 5.84 Å². The number of rotatable bonds is 3. The summed E-state index contributed by atoms with van der Waals surface area (Å²) in [7, 11) is 0. The van der Waals surface area contributed by atoms with Crippen molar-refractivity contribution in [3.63, 3.8) is 0 Å². The van der Waals surface area contributed by atoms with Gasteiger partial charge >= 0.3 is 5.97 Å². The predicted octanol–water partition coefficient (Wildman–Crippen LogP) is 4.26. The number of hydrogen-bond acceptors (Lipinski definition) is 5. The summed E-state index contributed by atoms with van der Waals surface area (Å²) in [5.74, 6) is 0.671. The van der Waals surface area contributed by atoms with Crippen LogP contribution in [0.1, 0.15) is 41.6 Å². The number of aromatic carboxylic acids is 1. The van der Waals surface area contributed by atoms with Crippen molar-refractivity contribution < 1.29 is 9.90 Å². The third kappa shape index (κ3) is 4.58. The van der Waals surface area contributed by atoms with E-state index in [4.69, 9.17) is 10.8 Å². The summed E-state index contributed by atoms with van der Waals surface area (Å²) in [4.78, 5) is 16.3.